The van der Waals surface area contributed by atoms with Crippen molar-refractivity contribution in [3.05, 3.63) is 28.8 Å². The molecule has 0 atom stereocenters. The van der Waals surface area contributed by atoms with Crippen molar-refractivity contribution in [2.24, 2.45) is 0 Å². The van der Waals surface area contributed by atoms with Gasteiger partial charge in [-0.05, 0) is 51.3 Å². The third-order valence-corrected chi connectivity index (χ3v) is 3.17. The molecular weight excluding hydrogens is 256 g/mol. The molecule has 0 aliphatic carbocycles. The van der Waals surface area contributed by atoms with Crippen molar-refractivity contribution in [2.45, 2.75) is 40.2 Å². The van der Waals surface area contributed by atoms with Crippen LogP contribution < -0.4 is 15.4 Å². The maximum absolute atomic E-state index is 11.6. The first-order valence-corrected chi connectivity index (χ1v) is 6.63. The number of aryl methyl sites for hydroxylation is 2. The van der Waals surface area contributed by atoms with Gasteiger partial charge in [0.05, 0.1) is 12.1 Å². The minimum Gasteiger partial charge on any atom is -0.473 e. The lowest BCUT2D eigenvalue weighted by molar-refractivity contribution is 0.176. The van der Waals surface area contributed by atoms with E-state index in [9.17, 15) is 4.79 Å². The van der Waals surface area contributed by atoms with Gasteiger partial charge in [0.2, 0.25) is 0 Å². The Labute approximate surface area is 120 Å². The van der Waals surface area contributed by atoms with E-state index in [1.54, 1.807) is 13.8 Å². The summed E-state index contributed by atoms with van der Waals surface area (Å²) >= 11 is 0. The largest absolute Gasteiger partial charge is 0.473 e. The molecule has 0 aliphatic rings. The van der Waals surface area contributed by atoms with E-state index in [1.807, 2.05) is 32.9 Å². The van der Waals surface area contributed by atoms with E-state index in [0.29, 0.717) is 0 Å². The molecule has 0 heterocycles. The number of hydrogen-bond acceptors (Lipinski definition) is 3. The van der Waals surface area contributed by atoms with Gasteiger partial charge in [0, 0.05) is 0 Å². The van der Waals surface area contributed by atoms with Crippen molar-refractivity contribution in [1.82, 2.24) is 10.6 Å². The van der Waals surface area contributed by atoms with Gasteiger partial charge in [0.25, 0.3) is 0 Å². The Kier molecular flexibility index (Phi) is 5.39. The number of benzene rings is 1. The highest BCUT2D eigenvalue weighted by Gasteiger charge is 2.18. The van der Waals surface area contributed by atoms with Crippen LogP contribution in [-0.2, 0) is 0 Å². The third kappa shape index (κ3) is 4.42. The predicted molar refractivity (Wildman–Crippen MR) is 79.0 cm³/mol. The summed E-state index contributed by atoms with van der Waals surface area (Å²) in [4.78, 5) is 11.6. The summed E-state index contributed by atoms with van der Waals surface area (Å²) in [6, 6.07) is 3.67. The smallest absolute Gasteiger partial charge is 0.317 e. The van der Waals surface area contributed by atoms with Crippen LogP contribution in [0.1, 0.15) is 30.5 Å². The highest BCUT2D eigenvalue weighted by molar-refractivity contribution is 5.74. The molecule has 5 nitrogen and oxygen atoms in total. The van der Waals surface area contributed by atoms with Gasteiger partial charge in [-0.1, -0.05) is 12.1 Å². The fourth-order valence-corrected chi connectivity index (χ4v) is 1.71. The van der Waals surface area contributed by atoms with Crippen LogP contribution in [-0.4, -0.2) is 30.0 Å². The second-order valence-electron chi connectivity index (χ2n) is 5.62. The van der Waals surface area contributed by atoms with Gasteiger partial charge in [-0.2, -0.15) is 0 Å². The van der Waals surface area contributed by atoms with Crippen LogP contribution in [0.3, 0.4) is 0 Å². The lowest BCUT2D eigenvalue weighted by atomic mass is 10.1. The molecule has 0 unspecified atom stereocenters. The first kappa shape index (κ1) is 16.3. The molecule has 0 aromatic heterocycles. The minimum absolute atomic E-state index is 0.0818. The van der Waals surface area contributed by atoms with Gasteiger partial charge in [-0.25, -0.2) is 4.79 Å². The molecule has 5 heteroatoms. The van der Waals surface area contributed by atoms with Crippen molar-refractivity contribution in [1.29, 1.82) is 0 Å². The summed E-state index contributed by atoms with van der Waals surface area (Å²) < 4.78 is 5.63. The quantitative estimate of drug-likeness (QED) is 0.723. The van der Waals surface area contributed by atoms with E-state index < -0.39 is 5.54 Å². The number of hydrogen-bond donors (Lipinski definition) is 3. The lowest BCUT2D eigenvalue weighted by Gasteiger charge is -2.23. The standard InChI is InChI=1S/C15H24N2O3/c1-10-6-7-11(2)13(12(10)3)20-9-16-14(19)17-15(4,5)8-18/h6-7,18H,8-9H2,1-5H3,(H2,16,17,19). The molecular formula is C15H24N2O3. The maximum atomic E-state index is 11.6. The Morgan fingerprint density at radius 2 is 1.85 bits per heavy atom. The number of rotatable bonds is 5. The molecule has 1 aromatic carbocycles. The van der Waals surface area contributed by atoms with Crippen molar-refractivity contribution in [3.63, 3.8) is 0 Å². The Balaban J connectivity index is 2.53. The van der Waals surface area contributed by atoms with Gasteiger partial charge in [-0.15, -0.1) is 0 Å². The lowest BCUT2D eigenvalue weighted by Crippen LogP contribution is -2.51. The summed E-state index contributed by atoms with van der Waals surface area (Å²) in [6.07, 6.45) is 0. The summed E-state index contributed by atoms with van der Waals surface area (Å²) in [5, 5.41) is 14.3. The molecule has 3 N–H and O–H groups in total. The molecule has 0 bridgehead atoms. The zero-order valence-electron chi connectivity index (χ0n) is 12.8. The molecule has 1 rings (SSSR count). The molecule has 1 aromatic rings. The first-order chi connectivity index (χ1) is 9.26. The van der Waals surface area contributed by atoms with Crippen molar-refractivity contribution >= 4 is 6.03 Å². The van der Waals surface area contributed by atoms with E-state index >= 15 is 0 Å². The maximum Gasteiger partial charge on any atom is 0.317 e. The van der Waals surface area contributed by atoms with Crippen molar-refractivity contribution in [3.8, 4) is 5.75 Å². The van der Waals surface area contributed by atoms with Crippen LogP contribution in [0.15, 0.2) is 12.1 Å². The third-order valence-electron chi connectivity index (χ3n) is 3.17. The average molecular weight is 280 g/mol. The van der Waals surface area contributed by atoms with Crippen molar-refractivity contribution in [2.75, 3.05) is 13.3 Å². The van der Waals surface area contributed by atoms with Crippen LogP contribution in [0.25, 0.3) is 0 Å². The number of urea groups is 1. The Bertz CT molecular complexity index is 484. The van der Waals surface area contributed by atoms with Crippen LogP contribution in [0, 0.1) is 20.8 Å². The molecule has 112 valence electrons. The predicted octanol–water partition coefficient (Wildman–Crippen LogP) is 2.02. The van der Waals surface area contributed by atoms with Crippen LogP contribution in [0.2, 0.25) is 0 Å². The van der Waals surface area contributed by atoms with E-state index in [-0.39, 0.29) is 19.4 Å². The summed E-state index contributed by atoms with van der Waals surface area (Å²) in [6.45, 7) is 9.41. The summed E-state index contributed by atoms with van der Waals surface area (Å²) in [7, 11) is 0. The molecule has 0 fully saturated rings. The number of aliphatic hydroxyl groups is 1. The number of carbonyl (C=O) groups is 1. The van der Waals surface area contributed by atoms with Gasteiger partial charge < -0.3 is 20.5 Å². The van der Waals surface area contributed by atoms with Crippen LogP contribution in [0.5, 0.6) is 5.75 Å². The highest BCUT2D eigenvalue weighted by atomic mass is 16.5. The number of aliphatic hydroxyl groups excluding tert-OH is 1. The fraction of sp³-hybridized carbons (Fsp3) is 0.533. The van der Waals surface area contributed by atoms with E-state index in [1.165, 1.54) is 0 Å². The van der Waals surface area contributed by atoms with Gasteiger partial charge in [-0.3, -0.25) is 0 Å². The summed E-state index contributed by atoms with van der Waals surface area (Å²) in [5.74, 6) is 0.798. The zero-order valence-corrected chi connectivity index (χ0v) is 12.8. The van der Waals surface area contributed by atoms with Crippen LogP contribution in [0.4, 0.5) is 4.79 Å². The first-order valence-electron chi connectivity index (χ1n) is 6.63. The second-order valence-corrected chi connectivity index (χ2v) is 5.62. The summed E-state index contributed by atoms with van der Waals surface area (Å²) in [5.41, 5.74) is 2.60. The van der Waals surface area contributed by atoms with E-state index in [2.05, 4.69) is 10.6 Å². The topological polar surface area (TPSA) is 70.6 Å². The van der Waals surface area contributed by atoms with Gasteiger partial charge in [0.1, 0.15) is 5.75 Å². The number of ether oxygens (including phenoxy) is 1. The second kappa shape index (κ2) is 6.61. The minimum atomic E-state index is -0.654. The zero-order chi connectivity index (χ0) is 15.3. The van der Waals surface area contributed by atoms with E-state index in [4.69, 9.17) is 9.84 Å². The average Bonchev–Trinajstić information content (AvgIpc) is 2.37. The molecule has 0 radical (unpaired) electrons. The molecule has 0 saturated carbocycles. The Morgan fingerprint density at radius 1 is 1.25 bits per heavy atom. The Hall–Kier alpha value is -1.75. The Morgan fingerprint density at radius 3 is 2.45 bits per heavy atom. The molecule has 0 aliphatic heterocycles. The molecule has 20 heavy (non-hydrogen) atoms. The normalized spacial score (nSPS) is 11.1. The molecule has 0 spiro atoms. The van der Waals surface area contributed by atoms with Crippen molar-refractivity contribution < 1.29 is 14.6 Å². The number of amides is 2. The van der Waals surface area contributed by atoms with E-state index in [0.717, 1.165) is 22.4 Å². The molecule has 2 amide bonds. The van der Waals surface area contributed by atoms with Gasteiger partial charge >= 0.3 is 6.03 Å². The van der Waals surface area contributed by atoms with Crippen LogP contribution >= 0.6 is 0 Å². The molecule has 0 saturated heterocycles. The fourth-order valence-electron chi connectivity index (χ4n) is 1.71. The number of nitrogens with one attached hydrogen (secondary N) is 2. The SMILES string of the molecule is Cc1ccc(C)c(OCNC(=O)NC(C)(C)CO)c1C. The van der Waals surface area contributed by atoms with Gasteiger partial charge in [0.15, 0.2) is 6.73 Å². The highest BCUT2D eigenvalue weighted by Crippen LogP contribution is 2.25. The number of carbonyl (C=O) groups excluding carboxylic acids is 1. The monoisotopic (exact) mass is 280 g/mol.